The van der Waals surface area contributed by atoms with E-state index in [2.05, 4.69) is 0 Å². The summed E-state index contributed by atoms with van der Waals surface area (Å²) in [7, 11) is 1.17. The van der Waals surface area contributed by atoms with Crippen molar-refractivity contribution in [2.24, 2.45) is 0 Å². The first kappa shape index (κ1) is 19.4. The molecule has 0 aliphatic heterocycles. The fourth-order valence-corrected chi connectivity index (χ4v) is 2.73. The van der Waals surface area contributed by atoms with Crippen molar-refractivity contribution in [3.63, 3.8) is 0 Å². The Morgan fingerprint density at radius 1 is 1.21 bits per heavy atom. The zero-order valence-corrected chi connectivity index (χ0v) is 15.6. The van der Waals surface area contributed by atoms with Crippen LogP contribution in [0.1, 0.15) is 21.6 Å². The average Bonchev–Trinajstić information content (AvgIpc) is 3.05. The SMILES string of the molecule is COC(=O)c1c(N)c(C#N)cn1-c1cc(Oc2ccc(C)cc2)cc([N+](=O)[O-])c1. The highest BCUT2D eigenvalue weighted by Gasteiger charge is 2.23. The van der Waals surface area contributed by atoms with Crippen LogP contribution in [0.15, 0.2) is 48.7 Å². The highest BCUT2D eigenvalue weighted by atomic mass is 16.6. The monoisotopic (exact) mass is 392 g/mol. The Morgan fingerprint density at radius 3 is 2.48 bits per heavy atom. The minimum Gasteiger partial charge on any atom is -0.464 e. The Morgan fingerprint density at radius 2 is 1.90 bits per heavy atom. The number of rotatable bonds is 5. The molecule has 2 aromatic carbocycles. The molecule has 146 valence electrons. The number of ether oxygens (including phenoxy) is 2. The summed E-state index contributed by atoms with van der Waals surface area (Å²) in [6.07, 6.45) is 1.32. The third-order valence-corrected chi connectivity index (χ3v) is 4.17. The van der Waals surface area contributed by atoms with Crippen molar-refractivity contribution in [1.29, 1.82) is 5.26 Å². The molecule has 0 spiro atoms. The molecule has 0 aliphatic rings. The maximum Gasteiger partial charge on any atom is 0.357 e. The van der Waals surface area contributed by atoms with Gasteiger partial charge < -0.3 is 19.8 Å². The van der Waals surface area contributed by atoms with Gasteiger partial charge in [-0.3, -0.25) is 10.1 Å². The predicted octanol–water partition coefficient (Wildman–Crippen LogP) is 3.73. The quantitative estimate of drug-likeness (QED) is 0.397. The van der Waals surface area contributed by atoms with Crippen LogP contribution in [0.3, 0.4) is 0 Å². The molecule has 0 fully saturated rings. The fraction of sp³-hybridized carbons (Fsp3) is 0.100. The number of benzene rings is 2. The number of non-ortho nitro benzene ring substituents is 1. The molecule has 2 N–H and O–H groups in total. The van der Waals surface area contributed by atoms with Crippen LogP contribution in [-0.4, -0.2) is 22.6 Å². The second kappa shape index (κ2) is 7.74. The zero-order chi connectivity index (χ0) is 21.1. The van der Waals surface area contributed by atoms with Crippen molar-refractivity contribution in [3.8, 4) is 23.3 Å². The first-order valence-electron chi connectivity index (χ1n) is 8.37. The maximum atomic E-state index is 12.2. The highest BCUT2D eigenvalue weighted by molar-refractivity contribution is 5.96. The van der Waals surface area contributed by atoms with E-state index in [0.717, 1.165) is 5.56 Å². The molecule has 0 saturated carbocycles. The Labute approximate surface area is 165 Å². The topological polar surface area (TPSA) is 133 Å². The van der Waals surface area contributed by atoms with E-state index < -0.39 is 10.9 Å². The molecule has 0 bridgehead atoms. The molecule has 29 heavy (non-hydrogen) atoms. The van der Waals surface area contributed by atoms with Crippen molar-refractivity contribution in [1.82, 2.24) is 4.57 Å². The number of carbonyl (C=O) groups is 1. The first-order chi connectivity index (χ1) is 13.8. The van der Waals surface area contributed by atoms with E-state index >= 15 is 0 Å². The number of esters is 1. The molecule has 9 nitrogen and oxygen atoms in total. The van der Waals surface area contributed by atoms with Gasteiger partial charge in [-0.05, 0) is 19.1 Å². The number of hydrogen-bond acceptors (Lipinski definition) is 7. The molecule has 3 aromatic rings. The second-order valence-electron chi connectivity index (χ2n) is 6.14. The van der Waals surface area contributed by atoms with E-state index in [0.29, 0.717) is 5.75 Å². The number of methoxy groups -OCH3 is 1. The van der Waals surface area contributed by atoms with Gasteiger partial charge in [-0.15, -0.1) is 0 Å². The Kier molecular flexibility index (Phi) is 5.19. The summed E-state index contributed by atoms with van der Waals surface area (Å²) in [4.78, 5) is 23.0. The lowest BCUT2D eigenvalue weighted by Crippen LogP contribution is -2.11. The summed E-state index contributed by atoms with van der Waals surface area (Å²) in [5.41, 5.74) is 6.74. The summed E-state index contributed by atoms with van der Waals surface area (Å²) in [5.74, 6) is -0.115. The van der Waals surface area contributed by atoms with E-state index in [4.69, 9.17) is 15.2 Å². The Bertz CT molecular complexity index is 1140. The molecular formula is C20H16N4O5. The molecule has 9 heteroatoms. The Balaban J connectivity index is 2.16. The van der Waals surface area contributed by atoms with Crippen LogP contribution in [0.5, 0.6) is 11.5 Å². The maximum absolute atomic E-state index is 12.2. The molecule has 0 aliphatic carbocycles. The van der Waals surface area contributed by atoms with Gasteiger partial charge in [0.2, 0.25) is 0 Å². The van der Waals surface area contributed by atoms with Crippen LogP contribution < -0.4 is 10.5 Å². The molecule has 0 radical (unpaired) electrons. The number of anilines is 1. The van der Waals surface area contributed by atoms with Crippen molar-refractivity contribution < 1.29 is 19.2 Å². The summed E-state index contributed by atoms with van der Waals surface area (Å²) in [5, 5.41) is 20.7. The van der Waals surface area contributed by atoms with E-state index in [9.17, 15) is 20.2 Å². The van der Waals surface area contributed by atoms with E-state index in [-0.39, 0.29) is 34.1 Å². The van der Waals surface area contributed by atoms with Gasteiger partial charge in [-0.2, -0.15) is 5.26 Å². The molecule has 3 rings (SSSR count). The molecule has 1 aromatic heterocycles. The lowest BCUT2D eigenvalue weighted by molar-refractivity contribution is -0.384. The zero-order valence-electron chi connectivity index (χ0n) is 15.6. The average molecular weight is 392 g/mol. The number of nitrogens with two attached hydrogens (primary N) is 1. The van der Waals surface area contributed by atoms with Crippen molar-refractivity contribution in [2.45, 2.75) is 6.92 Å². The minimum absolute atomic E-state index is 0.0397. The smallest absolute Gasteiger partial charge is 0.357 e. The number of nitro benzene ring substituents is 1. The van der Waals surface area contributed by atoms with Crippen molar-refractivity contribution >= 4 is 17.3 Å². The number of aromatic nitrogens is 1. The summed E-state index contributed by atoms with van der Waals surface area (Å²) < 4.78 is 11.8. The number of aryl methyl sites for hydroxylation is 1. The summed E-state index contributed by atoms with van der Waals surface area (Å²) >= 11 is 0. The number of nitrogen functional groups attached to an aromatic ring is 1. The summed E-state index contributed by atoms with van der Waals surface area (Å²) in [6.45, 7) is 1.92. The van der Waals surface area contributed by atoms with Crippen LogP contribution in [0, 0.1) is 28.4 Å². The normalized spacial score (nSPS) is 10.2. The number of hydrogen-bond donors (Lipinski definition) is 1. The third-order valence-electron chi connectivity index (χ3n) is 4.17. The highest BCUT2D eigenvalue weighted by Crippen LogP contribution is 2.32. The lowest BCUT2D eigenvalue weighted by Gasteiger charge is -2.11. The molecule has 0 saturated heterocycles. The standard InChI is InChI=1S/C20H16N4O5/c1-12-3-5-16(6-4-12)29-17-8-14(7-15(9-17)24(26)27)23-11-13(10-21)18(22)19(23)20(25)28-2/h3-9,11H,22H2,1-2H3. The largest absolute Gasteiger partial charge is 0.464 e. The van der Waals surface area contributed by atoms with E-state index in [1.807, 2.05) is 25.1 Å². The van der Waals surface area contributed by atoms with Gasteiger partial charge in [0.1, 0.15) is 17.6 Å². The minimum atomic E-state index is -0.781. The number of nitrogens with zero attached hydrogens (tertiary/aromatic N) is 3. The van der Waals surface area contributed by atoms with Gasteiger partial charge in [0, 0.05) is 18.3 Å². The molecular weight excluding hydrogens is 376 g/mol. The van der Waals surface area contributed by atoms with E-state index in [1.54, 1.807) is 12.1 Å². The number of nitro groups is 1. The van der Waals surface area contributed by atoms with Crippen LogP contribution in [-0.2, 0) is 4.74 Å². The molecule has 1 heterocycles. The molecule has 0 atom stereocenters. The number of carbonyl (C=O) groups excluding carboxylic acids is 1. The van der Waals surface area contributed by atoms with Gasteiger partial charge in [-0.25, -0.2) is 4.79 Å². The van der Waals surface area contributed by atoms with Crippen LogP contribution in [0.25, 0.3) is 5.69 Å². The van der Waals surface area contributed by atoms with Gasteiger partial charge in [0.15, 0.2) is 5.69 Å². The van der Waals surface area contributed by atoms with E-state index in [1.165, 1.54) is 36.1 Å². The van der Waals surface area contributed by atoms with Gasteiger partial charge in [-0.1, -0.05) is 17.7 Å². The first-order valence-corrected chi connectivity index (χ1v) is 8.37. The fourth-order valence-electron chi connectivity index (χ4n) is 2.73. The molecule has 0 amide bonds. The van der Waals surface area contributed by atoms with Gasteiger partial charge >= 0.3 is 5.97 Å². The molecule has 0 unspecified atom stereocenters. The Hall–Kier alpha value is -4.32. The van der Waals surface area contributed by atoms with Crippen LogP contribution in [0.2, 0.25) is 0 Å². The lowest BCUT2D eigenvalue weighted by atomic mass is 10.2. The summed E-state index contributed by atoms with van der Waals surface area (Å²) in [6, 6.07) is 13.0. The third kappa shape index (κ3) is 3.86. The predicted molar refractivity (Wildman–Crippen MR) is 104 cm³/mol. The van der Waals surface area contributed by atoms with Gasteiger partial charge in [0.05, 0.1) is 35.0 Å². The van der Waals surface area contributed by atoms with Crippen LogP contribution >= 0.6 is 0 Å². The van der Waals surface area contributed by atoms with Crippen molar-refractivity contribution in [2.75, 3.05) is 12.8 Å². The van der Waals surface area contributed by atoms with Crippen LogP contribution in [0.4, 0.5) is 11.4 Å². The van der Waals surface area contributed by atoms with Gasteiger partial charge in [0.25, 0.3) is 5.69 Å². The number of nitriles is 1. The second-order valence-corrected chi connectivity index (χ2v) is 6.14. The van der Waals surface area contributed by atoms with Crippen molar-refractivity contribution in [3.05, 3.63) is 75.6 Å².